The van der Waals surface area contributed by atoms with Crippen LogP contribution in [0.3, 0.4) is 0 Å². The standard InChI is InChI=1S/C13H33N4P/c1-12(2,3)13(4,5)14-18(15(6)7,16(8)9)17(10)11/h1-11H3. The predicted octanol–water partition coefficient (Wildman–Crippen LogP) is 3.44. The second-order valence-corrected chi connectivity index (χ2v) is 10.7. The molecule has 0 amide bonds. The summed E-state index contributed by atoms with van der Waals surface area (Å²) in [5.41, 5.74) is 0.0554. The quantitative estimate of drug-likeness (QED) is 0.734. The van der Waals surface area contributed by atoms with Crippen LogP contribution in [0.2, 0.25) is 0 Å². The van der Waals surface area contributed by atoms with E-state index < -0.39 is 7.51 Å². The topological polar surface area (TPSA) is 22.1 Å². The van der Waals surface area contributed by atoms with Crippen molar-refractivity contribution >= 4 is 7.51 Å². The number of hydrogen-bond donors (Lipinski definition) is 0. The summed E-state index contributed by atoms with van der Waals surface area (Å²) in [7, 11) is 10.9. The van der Waals surface area contributed by atoms with Gasteiger partial charge in [0.05, 0.1) is 5.54 Å². The zero-order chi connectivity index (χ0) is 14.9. The van der Waals surface area contributed by atoms with Gasteiger partial charge in [0.2, 0.25) is 0 Å². The molecule has 0 bridgehead atoms. The third kappa shape index (κ3) is 3.36. The summed E-state index contributed by atoms with van der Waals surface area (Å²) in [6.45, 7) is 11.2. The summed E-state index contributed by atoms with van der Waals surface area (Å²) >= 11 is 0. The van der Waals surface area contributed by atoms with E-state index in [1.54, 1.807) is 0 Å². The molecule has 0 saturated heterocycles. The van der Waals surface area contributed by atoms with Crippen LogP contribution in [0.15, 0.2) is 4.74 Å². The minimum absolute atomic E-state index is 0.0837. The molecule has 110 valence electrons. The fourth-order valence-electron chi connectivity index (χ4n) is 1.83. The first kappa shape index (κ1) is 18.1. The number of rotatable bonds is 4. The predicted molar refractivity (Wildman–Crippen MR) is 83.9 cm³/mol. The van der Waals surface area contributed by atoms with Crippen molar-refractivity contribution in [2.24, 2.45) is 10.2 Å². The SMILES string of the molecule is CN(C)P(=NC(C)(C)C(C)(C)C)(N(C)C)N(C)C. The second-order valence-electron chi connectivity index (χ2n) is 6.99. The molecular weight excluding hydrogens is 243 g/mol. The van der Waals surface area contributed by atoms with Crippen LogP contribution in [0.1, 0.15) is 34.6 Å². The average molecular weight is 276 g/mol. The largest absolute Gasteiger partial charge is 0.254 e. The van der Waals surface area contributed by atoms with E-state index in [0.717, 1.165) is 0 Å². The van der Waals surface area contributed by atoms with Crippen molar-refractivity contribution < 1.29 is 0 Å². The summed E-state index contributed by atoms with van der Waals surface area (Å²) in [6.07, 6.45) is 0. The Bertz CT molecular complexity index is 296. The highest BCUT2D eigenvalue weighted by atomic mass is 31.2. The fraction of sp³-hybridized carbons (Fsp3) is 1.00. The molecule has 0 aliphatic carbocycles. The van der Waals surface area contributed by atoms with Crippen LogP contribution in [0.5, 0.6) is 0 Å². The molecule has 0 aromatic carbocycles. The molecule has 0 fully saturated rings. The summed E-state index contributed by atoms with van der Waals surface area (Å²) < 4.78 is 12.1. The van der Waals surface area contributed by atoms with Crippen molar-refractivity contribution in [2.75, 3.05) is 42.3 Å². The molecule has 0 aliphatic rings. The van der Waals surface area contributed by atoms with Gasteiger partial charge in [-0.25, -0.2) is 0 Å². The van der Waals surface area contributed by atoms with Gasteiger partial charge in [-0.15, -0.1) is 0 Å². The van der Waals surface area contributed by atoms with Gasteiger partial charge in [0.25, 0.3) is 0 Å². The van der Waals surface area contributed by atoms with Crippen LogP contribution in [-0.2, 0) is 0 Å². The van der Waals surface area contributed by atoms with E-state index in [0.29, 0.717) is 0 Å². The van der Waals surface area contributed by atoms with Crippen LogP contribution in [0.25, 0.3) is 0 Å². The lowest BCUT2D eigenvalue weighted by Gasteiger charge is -2.46. The molecule has 5 heteroatoms. The molecule has 0 aliphatic heterocycles. The second kappa shape index (κ2) is 5.62. The van der Waals surface area contributed by atoms with E-state index in [4.69, 9.17) is 4.74 Å². The van der Waals surface area contributed by atoms with Gasteiger partial charge in [-0.1, -0.05) is 20.8 Å². The van der Waals surface area contributed by atoms with Crippen molar-refractivity contribution in [3.05, 3.63) is 0 Å². The molecule has 0 heterocycles. The van der Waals surface area contributed by atoms with E-state index in [2.05, 4.69) is 90.9 Å². The average Bonchev–Trinajstić information content (AvgIpc) is 2.10. The Morgan fingerprint density at radius 2 is 0.944 bits per heavy atom. The van der Waals surface area contributed by atoms with E-state index in [-0.39, 0.29) is 11.0 Å². The van der Waals surface area contributed by atoms with Crippen LogP contribution < -0.4 is 0 Å². The molecule has 18 heavy (non-hydrogen) atoms. The first-order chi connectivity index (χ1) is 7.79. The molecule has 4 nitrogen and oxygen atoms in total. The normalized spacial score (nSPS) is 14.8. The smallest absolute Gasteiger partial charge is 0.166 e. The number of hydrogen-bond acceptors (Lipinski definition) is 1. The molecule has 0 atom stereocenters. The van der Waals surface area contributed by atoms with Crippen molar-refractivity contribution in [2.45, 2.75) is 40.2 Å². The molecule has 0 rings (SSSR count). The van der Waals surface area contributed by atoms with Crippen molar-refractivity contribution in [3.8, 4) is 0 Å². The zero-order valence-corrected chi connectivity index (χ0v) is 15.1. The summed E-state index contributed by atoms with van der Waals surface area (Å²) in [4.78, 5) is 0. The first-order valence-corrected chi connectivity index (χ1v) is 8.06. The van der Waals surface area contributed by atoms with Crippen molar-refractivity contribution in [3.63, 3.8) is 0 Å². The minimum Gasteiger partial charge on any atom is -0.254 e. The van der Waals surface area contributed by atoms with Crippen LogP contribution in [0.4, 0.5) is 0 Å². The lowest BCUT2D eigenvalue weighted by molar-refractivity contribution is 0.230. The van der Waals surface area contributed by atoms with Crippen molar-refractivity contribution in [1.82, 2.24) is 14.0 Å². The Balaban J connectivity index is 6.05. The Hall–Kier alpha value is 0.110. The van der Waals surface area contributed by atoms with Crippen LogP contribution in [-0.4, -0.2) is 61.8 Å². The van der Waals surface area contributed by atoms with Gasteiger partial charge in [-0.3, -0.25) is 18.8 Å². The zero-order valence-electron chi connectivity index (χ0n) is 14.2. The van der Waals surface area contributed by atoms with Gasteiger partial charge in [0, 0.05) is 0 Å². The Morgan fingerprint density at radius 3 is 1.11 bits per heavy atom. The Morgan fingerprint density at radius 1 is 0.667 bits per heavy atom. The highest BCUT2D eigenvalue weighted by molar-refractivity contribution is 7.59. The van der Waals surface area contributed by atoms with Gasteiger partial charge in [0.1, 0.15) is 0 Å². The fourth-order valence-corrected chi connectivity index (χ4v) is 5.48. The molecule has 0 spiro atoms. The van der Waals surface area contributed by atoms with Crippen LogP contribution >= 0.6 is 7.51 Å². The van der Waals surface area contributed by atoms with Gasteiger partial charge >= 0.3 is 0 Å². The van der Waals surface area contributed by atoms with Gasteiger partial charge in [-0.05, 0) is 61.5 Å². The Kier molecular flexibility index (Phi) is 5.65. The molecule has 0 radical (unpaired) electrons. The minimum atomic E-state index is -1.80. The van der Waals surface area contributed by atoms with E-state index in [1.807, 2.05) is 0 Å². The maximum absolute atomic E-state index is 5.30. The van der Waals surface area contributed by atoms with Crippen LogP contribution in [0, 0.1) is 5.41 Å². The maximum Gasteiger partial charge on any atom is 0.166 e. The molecular formula is C13H33N4P. The number of nitrogens with zero attached hydrogens (tertiary/aromatic N) is 4. The highest BCUT2D eigenvalue weighted by Crippen LogP contribution is 2.58. The lowest BCUT2D eigenvalue weighted by Crippen LogP contribution is -2.38. The molecule has 0 aromatic heterocycles. The van der Waals surface area contributed by atoms with Gasteiger partial charge in [0.15, 0.2) is 7.51 Å². The maximum atomic E-state index is 5.30. The third-order valence-corrected chi connectivity index (χ3v) is 7.82. The summed E-state index contributed by atoms with van der Waals surface area (Å²) in [6, 6.07) is 0. The lowest BCUT2D eigenvalue weighted by atomic mass is 9.77. The van der Waals surface area contributed by atoms with E-state index in [1.165, 1.54) is 0 Å². The summed E-state index contributed by atoms with van der Waals surface area (Å²) in [5, 5.41) is 0. The molecule has 0 unspecified atom stereocenters. The Labute approximate surface area is 115 Å². The van der Waals surface area contributed by atoms with E-state index in [9.17, 15) is 0 Å². The first-order valence-electron chi connectivity index (χ1n) is 6.46. The van der Waals surface area contributed by atoms with E-state index >= 15 is 0 Å². The van der Waals surface area contributed by atoms with Gasteiger partial charge in [-0.2, -0.15) is 0 Å². The summed E-state index contributed by atoms with van der Waals surface area (Å²) in [5.74, 6) is 0. The molecule has 0 N–H and O–H groups in total. The van der Waals surface area contributed by atoms with Crippen molar-refractivity contribution in [1.29, 1.82) is 0 Å². The monoisotopic (exact) mass is 276 g/mol. The molecule has 0 saturated carbocycles. The third-order valence-electron chi connectivity index (χ3n) is 3.83. The highest BCUT2D eigenvalue weighted by Gasteiger charge is 2.38. The van der Waals surface area contributed by atoms with Gasteiger partial charge < -0.3 is 0 Å². The molecule has 0 aromatic rings.